The Hall–Kier alpha value is -1.35. The number of benzene rings is 1. The highest BCUT2D eigenvalue weighted by Crippen LogP contribution is 2.36. The first-order valence-electron chi connectivity index (χ1n) is 8.87. The zero-order chi connectivity index (χ0) is 18.8. The van der Waals surface area contributed by atoms with E-state index in [1.54, 1.807) is 11.8 Å². The molecule has 0 fully saturated rings. The third kappa shape index (κ3) is 5.31. The van der Waals surface area contributed by atoms with Crippen LogP contribution in [0, 0.1) is 12.7 Å². The molecule has 0 saturated heterocycles. The Morgan fingerprint density at radius 1 is 0.960 bits per heavy atom. The molecule has 0 bridgehead atoms. The number of hydrogen-bond donors (Lipinski definition) is 0. The Balaban J connectivity index is 2.23. The first-order valence-corrected chi connectivity index (χ1v) is 9.86. The molecule has 2 aromatic rings. The molecule has 0 radical (unpaired) electrons. The largest absolute Gasteiger partial charge is 0.261 e. The van der Waals surface area contributed by atoms with Gasteiger partial charge in [0, 0.05) is 22.5 Å². The summed E-state index contributed by atoms with van der Waals surface area (Å²) < 4.78 is 15.1. The molecule has 0 N–H and O–H groups in total. The van der Waals surface area contributed by atoms with Crippen molar-refractivity contribution in [3.05, 3.63) is 58.7 Å². The summed E-state index contributed by atoms with van der Waals surface area (Å²) in [5, 5.41) is 0. The molecule has 1 aromatic heterocycles. The van der Waals surface area contributed by atoms with E-state index in [2.05, 4.69) is 52.6 Å². The number of pyridine rings is 1. The highest BCUT2D eigenvalue weighted by Gasteiger charge is 2.26. The van der Waals surface area contributed by atoms with Crippen LogP contribution in [0.4, 0.5) is 4.39 Å². The van der Waals surface area contributed by atoms with E-state index in [-0.39, 0.29) is 16.6 Å². The molecule has 25 heavy (non-hydrogen) atoms. The predicted molar refractivity (Wildman–Crippen MR) is 107 cm³/mol. The van der Waals surface area contributed by atoms with Gasteiger partial charge in [-0.15, -0.1) is 11.8 Å². The minimum atomic E-state index is -0.207. The van der Waals surface area contributed by atoms with Gasteiger partial charge in [-0.25, -0.2) is 4.39 Å². The second-order valence-corrected chi connectivity index (χ2v) is 9.91. The first kappa shape index (κ1) is 20.0. The third-order valence-corrected chi connectivity index (χ3v) is 5.27. The second-order valence-electron chi connectivity index (χ2n) is 8.74. The van der Waals surface area contributed by atoms with E-state index in [0.717, 1.165) is 33.9 Å². The van der Waals surface area contributed by atoms with E-state index in [1.165, 1.54) is 5.56 Å². The lowest BCUT2D eigenvalue weighted by Crippen LogP contribution is -2.20. The SMILES string of the molecule is Cc1ccc(CCSc2cc(C(C)(C)C)c(F)c(C(C)(C)C)c2)cn1. The van der Waals surface area contributed by atoms with E-state index in [0.29, 0.717) is 0 Å². The van der Waals surface area contributed by atoms with E-state index in [4.69, 9.17) is 0 Å². The summed E-state index contributed by atoms with van der Waals surface area (Å²) in [6, 6.07) is 8.24. The summed E-state index contributed by atoms with van der Waals surface area (Å²) in [6.45, 7) is 14.4. The molecule has 0 aliphatic heterocycles. The lowest BCUT2D eigenvalue weighted by molar-refractivity contribution is 0.479. The number of hydrogen-bond acceptors (Lipinski definition) is 2. The summed E-state index contributed by atoms with van der Waals surface area (Å²) in [5.41, 5.74) is 3.48. The molecular weight excluding hydrogens is 329 g/mol. The van der Waals surface area contributed by atoms with Crippen molar-refractivity contribution in [3.8, 4) is 0 Å². The lowest BCUT2D eigenvalue weighted by atomic mass is 9.80. The number of nitrogens with zero attached hydrogens (tertiary/aromatic N) is 1. The van der Waals surface area contributed by atoms with Crippen LogP contribution in [-0.4, -0.2) is 10.7 Å². The maximum atomic E-state index is 15.1. The van der Waals surface area contributed by atoms with Crippen molar-refractivity contribution in [2.75, 3.05) is 5.75 Å². The van der Waals surface area contributed by atoms with Crippen LogP contribution in [-0.2, 0) is 17.3 Å². The molecule has 0 spiro atoms. The number of halogens is 1. The number of thioether (sulfide) groups is 1. The van der Waals surface area contributed by atoms with Crippen molar-refractivity contribution in [2.24, 2.45) is 0 Å². The Morgan fingerprint density at radius 2 is 1.52 bits per heavy atom. The van der Waals surface area contributed by atoms with E-state index >= 15 is 4.39 Å². The molecule has 0 aliphatic rings. The van der Waals surface area contributed by atoms with E-state index < -0.39 is 0 Å². The van der Waals surface area contributed by atoms with Crippen LogP contribution in [0.15, 0.2) is 35.4 Å². The lowest BCUT2D eigenvalue weighted by Gasteiger charge is -2.27. The van der Waals surface area contributed by atoms with Crippen molar-refractivity contribution in [1.82, 2.24) is 4.98 Å². The Bertz CT molecular complexity index is 686. The van der Waals surface area contributed by atoms with E-state index in [9.17, 15) is 0 Å². The number of aryl methyl sites for hydroxylation is 2. The molecule has 0 amide bonds. The fourth-order valence-electron chi connectivity index (χ4n) is 2.71. The predicted octanol–water partition coefficient (Wildman–Crippen LogP) is 6.46. The van der Waals surface area contributed by atoms with Crippen molar-refractivity contribution < 1.29 is 4.39 Å². The van der Waals surface area contributed by atoms with Gasteiger partial charge < -0.3 is 0 Å². The maximum Gasteiger partial charge on any atom is 0.130 e. The van der Waals surface area contributed by atoms with Gasteiger partial charge in [-0.3, -0.25) is 4.98 Å². The third-order valence-electron chi connectivity index (χ3n) is 4.29. The summed E-state index contributed by atoms with van der Waals surface area (Å²) in [7, 11) is 0. The zero-order valence-corrected chi connectivity index (χ0v) is 17.4. The Kier molecular flexibility index (Phi) is 5.98. The van der Waals surface area contributed by atoms with Gasteiger partial charge in [0.15, 0.2) is 0 Å². The number of rotatable bonds is 4. The molecule has 136 valence electrons. The average Bonchev–Trinajstić information content (AvgIpc) is 2.48. The number of aromatic nitrogens is 1. The summed E-state index contributed by atoms with van der Waals surface area (Å²) >= 11 is 1.79. The van der Waals surface area contributed by atoms with Gasteiger partial charge >= 0.3 is 0 Å². The maximum absolute atomic E-state index is 15.1. The van der Waals surface area contributed by atoms with Crippen LogP contribution in [0.25, 0.3) is 0 Å². The summed E-state index contributed by atoms with van der Waals surface area (Å²) in [6.07, 6.45) is 2.91. The Morgan fingerprint density at radius 3 is 1.96 bits per heavy atom. The monoisotopic (exact) mass is 359 g/mol. The van der Waals surface area contributed by atoms with Crippen LogP contribution in [0.1, 0.15) is 63.9 Å². The van der Waals surface area contributed by atoms with Crippen molar-refractivity contribution >= 4 is 11.8 Å². The fraction of sp³-hybridized carbons (Fsp3) is 0.500. The standard InChI is InChI=1S/C22H30FNS/c1-15-8-9-16(14-24-15)10-11-25-17-12-18(21(2,3)4)20(23)19(13-17)22(5,6)7/h8-9,12-14H,10-11H2,1-7H3. The average molecular weight is 360 g/mol. The van der Waals surface area contributed by atoms with Gasteiger partial charge in [0.05, 0.1) is 0 Å². The van der Waals surface area contributed by atoms with Gasteiger partial charge in [0.2, 0.25) is 0 Å². The fourth-order valence-corrected chi connectivity index (χ4v) is 3.68. The van der Waals surface area contributed by atoms with E-state index in [1.807, 2.05) is 31.3 Å². The quantitative estimate of drug-likeness (QED) is 0.581. The molecule has 0 saturated carbocycles. The van der Waals surface area contributed by atoms with Gasteiger partial charge in [-0.05, 0) is 59.1 Å². The summed E-state index contributed by atoms with van der Waals surface area (Å²) in [4.78, 5) is 5.50. The van der Waals surface area contributed by atoms with Crippen LogP contribution in [0.3, 0.4) is 0 Å². The molecule has 2 rings (SSSR count). The highest BCUT2D eigenvalue weighted by atomic mass is 32.2. The smallest absolute Gasteiger partial charge is 0.130 e. The van der Waals surface area contributed by atoms with Crippen molar-refractivity contribution in [1.29, 1.82) is 0 Å². The normalized spacial score (nSPS) is 12.5. The Labute approximate surface area is 156 Å². The molecular formula is C22H30FNS. The topological polar surface area (TPSA) is 12.9 Å². The molecule has 0 unspecified atom stereocenters. The minimum Gasteiger partial charge on any atom is -0.261 e. The van der Waals surface area contributed by atoms with Crippen LogP contribution < -0.4 is 0 Å². The first-order chi connectivity index (χ1) is 11.5. The van der Waals surface area contributed by atoms with Gasteiger partial charge in [0.1, 0.15) is 5.82 Å². The molecule has 0 aliphatic carbocycles. The van der Waals surface area contributed by atoms with Crippen molar-refractivity contribution in [2.45, 2.75) is 70.6 Å². The highest BCUT2D eigenvalue weighted by molar-refractivity contribution is 7.99. The van der Waals surface area contributed by atoms with Gasteiger partial charge in [-0.1, -0.05) is 47.6 Å². The van der Waals surface area contributed by atoms with Gasteiger partial charge in [0.25, 0.3) is 0 Å². The zero-order valence-electron chi connectivity index (χ0n) is 16.5. The minimum absolute atomic E-state index is 0.0490. The molecule has 1 heterocycles. The second kappa shape index (κ2) is 7.49. The van der Waals surface area contributed by atoms with Gasteiger partial charge in [-0.2, -0.15) is 0 Å². The van der Waals surface area contributed by atoms with Crippen LogP contribution in [0.5, 0.6) is 0 Å². The molecule has 0 atom stereocenters. The summed E-state index contributed by atoms with van der Waals surface area (Å²) in [5.74, 6) is 0.913. The molecule has 1 nitrogen and oxygen atoms in total. The molecule has 3 heteroatoms. The van der Waals surface area contributed by atoms with Crippen molar-refractivity contribution in [3.63, 3.8) is 0 Å². The van der Waals surface area contributed by atoms with Crippen LogP contribution >= 0.6 is 11.8 Å². The van der Waals surface area contributed by atoms with Crippen LogP contribution in [0.2, 0.25) is 0 Å². The molecule has 1 aromatic carbocycles.